The molecule has 0 spiro atoms. The molecule has 2 aromatic rings. The molecular weight excluding hydrogens is 332 g/mol. The van der Waals surface area contributed by atoms with Gasteiger partial charge in [0.2, 0.25) is 0 Å². The van der Waals surface area contributed by atoms with Gasteiger partial charge in [-0.15, -0.1) is 0 Å². The van der Waals surface area contributed by atoms with Crippen LogP contribution in [0, 0.1) is 0 Å². The maximum Gasteiger partial charge on any atom is 0.414 e. The van der Waals surface area contributed by atoms with E-state index in [0.29, 0.717) is 31.1 Å². The van der Waals surface area contributed by atoms with Gasteiger partial charge in [-0.3, -0.25) is 9.88 Å². The molecule has 26 heavy (non-hydrogen) atoms. The summed E-state index contributed by atoms with van der Waals surface area (Å²) in [5.74, 6) is 0. The van der Waals surface area contributed by atoms with Crippen molar-refractivity contribution in [3.8, 4) is 0 Å². The number of cyclic esters (lactones) is 1. The van der Waals surface area contributed by atoms with E-state index in [1.165, 1.54) is 0 Å². The van der Waals surface area contributed by atoms with Gasteiger partial charge in [0.1, 0.15) is 6.61 Å². The van der Waals surface area contributed by atoms with E-state index in [-0.39, 0.29) is 18.2 Å². The zero-order chi connectivity index (χ0) is 17.9. The van der Waals surface area contributed by atoms with Crippen LogP contribution in [-0.4, -0.2) is 41.2 Å². The lowest BCUT2D eigenvalue weighted by Gasteiger charge is -2.23. The molecule has 7 nitrogen and oxygen atoms in total. The molecule has 134 valence electrons. The molecule has 1 saturated heterocycles. The van der Waals surface area contributed by atoms with Crippen molar-refractivity contribution >= 4 is 23.5 Å². The SMILES string of the molecule is O=C1OCCN1c1cccc(NC(=O)N(Cc2ccccn2)C2CC2)c1. The van der Waals surface area contributed by atoms with Crippen molar-refractivity contribution in [1.29, 1.82) is 0 Å². The number of aromatic nitrogens is 1. The van der Waals surface area contributed by atoms with Gasteiger partial charge in [-0.25, -0.2) is 9.59 Å². The van der Waals surface area contributed by atoms with Gasteiger partial charge in [-0.2, -0.15) is 0 Å². The standard InChI is InChI=1S/C19H20N4O3/c24-18(23(16-7-8-16)13-15-4-1-2-9-20-15)21-14-5-3-6-17(12-14)22-10-11-26-19(22)25/h1-6,9,12,16H,7-8,10-11,13H2,(H,21,24). The third-order valence-corrected chi connectivity index (χ3v) is 4.48. The fourth-order valence-electron chi connectivity index (χ4n) is 2.99. The Balaban J connectivity index is 1.47. The number of rotatable bonds is 5. The second kappa shape index (κ2) is 7.03. The number of hydrogen-bond acceptors (Lipinski definition) is 4. The van der Waals surface area contributed by atoms with E-state index in [1.54, 1.807) is 17.2 Å². The first-order valence-corrected chi connectivity index (χ1v) is 8.72. The summed E-state index contributed by atoms with van der Waals surface area (Å²) >= 11 is 0. The van der Waals surface area contributed by atoms with Gasteiger partial charge in [0.05, 0.1) is 18.8 Å². The Morgan fingerprint density at radius 3 is 2.85 bits per heavy atom. The average molecular weight is 352 g/mol. The highest BCUT2D eigenvalue weighted by Gasteiger charge is 2.33. The van der Waals surface area contributed by atoms with Crippen LogP contribution in [0.3, 0.4) is 0 Å². The molecule has 1 aliphatic carbocycles. The van der Waals surface area contributed by atoms with E-state index in [1.807, 2.05) is 41.3 Å². The number of carbonyl (C=O) groups excluding carboxylic acids is 2. The lowest BCUT2D eigenvalue weighted by Crippen LogP contribution is -2.36. The van der Waals surface area contributed by atoms with Crippen molar-refractivity contribution in [3.63, 3.8) is 0 Å². The third-order valence-electron chi connectivity index (χ3n) is 4.48. The van der Waals surface area contributed by atoms with Crippen LogP contribution in [0.4, 0.5) is 21.0 Å². The summed E-state index contributed by atoms with van der Waals surface area (Å²) < 4.78 is 4.97. The zero-order valence-electron chi connectivity index (χ0n) is 14.3. The number of urea groups is 1. The van der Waals surface area contributed by atoms with Crippen LogP contribution in [0.25, 0.3) is 0 Å². The molecule has 3 amide bonds. The second-order valence-corrected chi connectivity index (χ2v) is 6.43. The van der Waals surface area contributed by atoms with Crippen LogP contribution in [0.1, 0.15) is 18.5 Å². The largest absolute Gasteiger partial charge is 0.447 e. The van der Waals surface area contributed by atoms with Gasteiger partial charge < -0.3 is 15.0 Å². The van der Waals surface area contributed by atoms with Crippen LogP contribution < -0.4 is 10.2 Å². The smallest absolute Gasteiger partial charge is 0.414 e. The van der Waals surface area contributed by atoms with E-state index < -0.39 is 0 Å². The summed E-state index contributed by atoms with van der Waals surface area (Å²) in [5.41, 5.74) is 2.23. The molecule has 2 heterocycles. The van der Waals surface area contributed by atoms with Gasteiger partial charge in [-0.1, -0.05) is 12.1 Å². The topological polar surface area (TPSA) is 74.8 Å². The van der Waals surface area contributed by atoms with Crippen molar-refractivity contribution in [2.45, 2.75) is 25.4 Å². The van der Waals surface area contributed by atoms with E-state index in [4.69, 9.17) is 4.74 Å². The molecular formula is C19H20N4O3. The molecule has 4 rings (SSSR count). The van der Waals surface area contributed by atoms with E-state index in [2.05, 4.69) is 10.3 Å². The fraction of sp³-hybridized carbons (Fsp3) is 0.316. The lowest BCUT2D eigenvalue weighted by molar-refractivity contribution is 0.181. The highest BCUT2D eigenvalue weighted by molar-refractivity contribution is 5.93. The van der Waals surface area contributed by atoms with Crippen LogP contribution in [0.2, 0.25) is 0 Å². The summed E-state index contributed by atoms with van der Waals surface area (Å²) in [5, 5.41) is 2.94. The summed E-state index contributed by atoms with van der Waals surface area (Å²) in [6.45, 7) is 1.38. The number of anilines is 2. The van der Waals surface area contributed by atoms with Crippen molar-refractivity contribution in [3.05, 3.63) is 54.4 Å². The van der Waals surface area contributed by atoms with Crippen molar-refractivity contribution in [2.75, 3.05) is 23.4 Å². The summed E-state index contributed by atoms with van der Waals surface area (Å²) in [6.07, 6.45) is 3.40. The maximum absolute atomic E-state index is 12.8. The quantitative estimate of drug-likeness (QED) is 0.896. The Kier molecular flexibility index (Phi) is 4.43. The molecule has 7 heteroatoms. The van der Waals surface area contributed by atoms with E-state index in [0.717, 1.165) is 18.5 Å². The van der Waals surface area contributed by atoms with Crippen LogP contribution in [0.15, 0.2) is 48.7 Å². The number of carbonyl (C=O) groups is 2. The minimum Gasteiger partial charge on any atom is -0.447 e. The van der Waals surface area contributed by atoms with Gasteiger partial charge in [-0.05, 0) is 43.2 Å². The Hall–Kier alpha value is -3.09. The maximum atomic E-state index is 12.8. The summed E-state index contributed by atoms with van der Waals surface area (Å²) in [7, 11) is 0. The molecule has 2 fully saturated rings. The van der Waals surface area contributed by atoms with Gasteiger partial charge in [0, 0.05) is 23.6 Å². The monoisotopic (exact) mass is 352 g/mol. The minimum absolute atomic E-state index is 0.153. The molecule has 0 bridgehead atoms. The van der Waals surface area contributed by atoms with Gasteiger partial charge in [0.25, 0.3) is 0 Å². The van der Waals surface area contributed by atoms with Crippen LogP contribution in [0.5, 0.6) is 0 Å². The number of pyridine rings is 1. The predicted octanol–water partition coefficient (Wildman–Crippen LogP) is 3.23. The van der Waals surface area contributed by atoms with Crippen molar-refractivity contribution in [2.24, 2.45) is 0 Å². The second-order valence-electron chi connectivity index (χ2n) is 6.43. The predicted molar refractivity (Wildman–Crippen MR) is 97.0 cm³/mol. The van der Waals surface area contributed by atoms with Crippen molar-refractivity contribution < 1.29 is 14.3 Å². The number of ether oxygens (including phenoxy) is 1. The first-order valence-electron chi connectivity index (χ1n) is 8.72. The normalized spacial score (nSPS) is 16.3. The number of nitrogens with zero attached hydrogens (tertiary/aromatic N) is 3. The van der Waals surface area contributed by atoms with Gasteiger partial charge >= 0.3 is 12.1 Å². The Labute approximate surface area is 151 Å². The molecule has 0 unspecified atom stereocenters. The van der Waals surface area contributed by atoms with E-state index in [9.17, 15) is 9.59 Å². The van der Waals surface area contributed by atoms with Crippen molar-refractivity contribution in [1.82, 2.24) is 9.88 Å². The fourth-order valence-corrected chi connectivity index (χ4v) is 2.99. The average Bonchev–Trinajstić information content (AvgIpc) is 3.41. The molecule has 1 aliphatic heterocycles. The minimum atomic E-state index is -0.358. The van der Waals surface area contributed by atoms with Crippen LogP contribution >= 0.6 is 0 Å². The number of amides is 3. The van der Waals surface area contributed by atoms with E-state index >= 15 is 0 Å². The lowest BCUT2D eigenvalue weighted by atomic mass is 10.2. The Bertz CT molecular complexity index is 807. The summed E-state index contributed by atoms with van der Waals surface area (Å²) in [4.78, 5) is 32.2. The van der Waals surface area contributed by atoms with Crippen LogP contribution in [-0.2, 0) is 11.3 Å². The molecule has 0 radical (unpaired) electrons. The molecule has 2 aliphatic rings. The molecule has 1 N–H and O–H groups in total. The Morgan fingerprint density at radius 1 is 1.27 bits per heavy atom. The number of benzene rings is 1. The first kappa shape index (κ1) is 16.4. The molecule has 1 aromatic carbocycles. The highest BCUT2D eigenvalue weighted by Crippen LogP contribution is 2.29. The zero-order valence-corrected chi connectivity index (χ0v) is 14.3. The molecule has 1 aromatic heterocycles. The third kappa shape index (κ3) is 3.61. The van der Waals surface area contributed by atoms with Gasteiger partial charge in [0.15, 0.2) is 0 Å². The number of nitrogens with one attached hydrogen (secondary N) is 1. The number of hydrogen-bond donors (Lipinski definition) is 1. The molecule has 0 atom stereocenters. The first-order chi connectivity index (χ1) is 12.7. The summed E-state index contributed by atoms with van der Waals surface area (Å²) in [6, 6.07) is 13.1. The highest BCUT2D eigenvalue weighted by atomic mass is 16.6. The molecule has 1 saturated carbocycles. The Morgan fingerprint density at radius 2 is 2.15 bits per heavy atom.